The molecular formula is C15H21N3O3S. The van der Waals surface area contributed by atoms with Gasteiger partial charge < -0.3 is 5.32 Å². The summed E-state index contributed by atoms with van der Waals surface area (Å²) in [6.07, 6.45) is 5.21. The van der Waals surface area contributed by atoms with Crippen molar-refractivity contribution in [2.75, 3.05) is 37.7 Å². The van der Waals surface area contributed by atoms with Gasteiger partial charge in [-0.3, -0.25) is 14.7 Å². The molecule has 1 aromatic heterocycles. The Kier molecular flexibility index (Phi) is 4.18. The smallest absolute Gasteiger partial charge is 0.230 e. The van der Waals surface area contributed by atoms with Gasteiger partial charge in [0, 0.05) is 38.6 Å². The fourth-order valence-corrected chi connectivity index (χ4v) is 4.17. The highest BCUT2D eigenvalue weighted by Crippen LogP contribution is 2.48. The molecule has 1 saturated heterocycles. The van der Waals surface area contributed by atoms with Crippen LogP contribution in [0.25, 0.3) is 0 Å². The Balaban J connectivity index is 1.47. The van der Waals surface area contributed by atoms with Crippen molar-refractivity contribution in [1.82, 2.24) is 15.2 Å². The van der Waals surface area contributed by atoms with Crippen LogP contribution in [0.1, 0.15) is 18.4 Å². The summed E-state index contributed by atoms with van der Waals surface area (Å²) in [6.45, 7) is 2.38. The molecule has 0 spiro atoms. The molecule has 3 rings (SSSR count). The zero-order valence-corrected chi connectivity index (χ0v) is 13.3. The van der Waals surface area contributed by atoms with Crippen LogP contribution in [0.4, 0.5) is 0 Å². The second-order valence-electron chi connectivity index (χ2n) is 6.07. The van der Waals surface area contributed by atoms with Crippen molar-refractivity contribution in [2.24, 2.45) is 0 Å². The Morgan fingerprint density at radius 2 is 2.05 bits per heavy atom. The third kappa shape index (κ3) is 3.30. The van der Waals surface area contributed by atoms with E-state index in [2.05, 4.69) is 15.2 Å². The van der Waals surface area contributed by atoms with Gasteiger partial charge in [-0.1, -0.05) is 6.07 Å². The van der Waals surface area contributed by atoms with Gasteiger partial charge in [0.25, 0.3) is 0 Å². The summed E-state index contributed by atoms with van der Waals surface area (Å²) in [5.74, 6) is 0.506. The third-order valence-electron chi connectivity index (χ3n) is 4.55. The van der Waals surface area contributed by atoms with E-state index in [4.69, 9.17) is 0 Å². The Bertz CT molecular complexity index is 627. The van der Waals surface area contributed by atoms with E-state index in [0.717, 1.165) is 18.4 Å². The fourth-order valence-electron chi connectivity index (χ4n) is 2.89. The maximum Gasteiger partial charge on any atom is 0.230 e. The summed E-state index contributed by atoms with van der Waals surface area (Å²) in [4.78, 5) is 18.6. The first-order chi connectivity index (χ1) is 10.5. The average Bonchev–Trinajstić information content (AvgIpc) is 3.31. The van der Waals surface area contributed by atoms with Crippen molar-refractivity contribution >= 4 is 15.7 Å². The van der Waals surface area contributed by atoms with E-state index in [1.54, 1.807) is 12.4 Å². The summed E-state index contributed by atoms with van der Waals surface area (Å²) in [7, 11) is -2.84. The van der Waals surface area contributed by atoms with E-state index in [1.807, 2.05) is 12.1 Å². The monoisotopic (exact) mass is 323 g/mol. The maximum atomic E-state index is 12.4. The van der Waals surface area contributed by atoms with E-state index in [9.17, 15) is 13.2 Å². The van der Waals surface area contributed by atoms with Gasteiger partial charge in [-0.15, -0.1) is 0 Å². The largest absolute Gasteiger partial charge is 0.354 e. The van der Waals surface area contributed by atoms with E-state index < -0.39 is 9.84 Å². The van der Waals surface area contributed by atoms with Crippen LogP contribution in [-0.4, -0.2) is 61.9 Å². The van der Waals surface area contributed by atoms with Crippen LogP contribution in [0.15, 0.2) is 24.5 Å². The SMILES string of the molecule is O=C(NCCN1CCS(=O)(=O)CC1)C1(c2cccnc2)CC1. The summed E-state index contributed by atoms with van der Waals surface area (Å²) in [5, 5.41) is 2.99. The second kappa shape index (κ2) is 5.96. The van der Waals surface area contributed by atoms with Crippen LogP contribution in [0.5, 0.6) is 0 Å². The molecule has 120 valence electrons. The first kappa shape index (κ1) is 15.4. The number of nitrogens with zero attached hydrogens (tertiary/aromatic N) is 2. The number of nitrogens with one attached hydrogen (secondary N) is 1. The summed E-state index contributed by atoms with van der Waals surface area (Å²) < 4.78 is 22.7. The highest BCUT2D eigenvalue weighted by atomic mass is 32.2. The molecule has 1 N–H and O–H groups in total. The van der Waals surface area contributed by atoms with Crippen molar-refractivity contribution < 1.29 is 13.2 Å². The molecule has 2 fully saturated rings. The highest BCUT2D eigenvalue weighted by Gasteiger charge is 2.51. The molecule has 6 nitrogen and oxygen atoms in total. The average molecular weight is 323 g/mol. The van der Waals surface area contributed by atoms with Crippen LogP contribution in [0.3, 0.4) is 0 Å². The van der Waals surface area contributed by atoms with Gasteiger partial charge in [0.05, 0.1) is 16.9 Å². The number of sulfone groups is 1. The zero-order valence-electron chi connectivity index (χ0n) is 12.5. The minimum atomic E-state index is -2.84. The lowest BCUT2D eigenvalue weighted by Crippen LogP contribution is -2.45. The number of carbonyl (C=O) groups excluding carboxylic acids is 1. The number of carbonyl (C=O) groups is 1. The van der Waals surface area contributed by atoms with E-state index in [0.29, 0.717) is 26.2 Å². The predicted octanol–water partition coefficient (Wildman–Crippen LogP) is -0.0402. The van der Waals surface area contributed by atoms with Crippen molar-refractivity contribution in [3.8, 4) is 0 Å². The van der Waals surface area contributed by atoms with Gasteiger partial charge in [0.1, 0.15) is 0 Å². The lowest BCUT2D eigenvalue weighted by atomic mass is 9.97. The Hall–Kier alpha value is -1.47. The van der Waals surface area contributed by atoms with E-state index in [1.165, 1.54) is 0 Å². The van der Waals surface area contributed by atoms with Gasteiger partial charge in [0.2, 0.25) is 5.91 Å². The first-order valence-electron chi connectivity index (χ1n) is 7.63. The van der Waals surface area contributed by atoms with Crippen LogP contribution in [0.2, 0.25) is 0 Å². The minimum Gasteiger partial charge on any atom is -0.354 e. The van der Waals surface area contributed by atoms with Crippen LogP contribution in [0, 0.1) is 0 Å². The molecule has 0 aromatic carbocycles. The standard InChI is InChI=1S/C15H21N3O3S/c19-14(15(3-4-15)13-2-1-5-16-12-13)17-6-7-18-8-10-22(20,21)11-9-18/h1-2,5,12H,3-4,6-11H2,(H,17,19). The number of pyridine rings is 1. The zero-order chi connectivity index (χ0) is 15.6. The maximum absolute atomic E-state index is 12.4. The molecule has 0 radical (unpaired) electrons. The number of hydrogen-bond acceptors (Lipinski definition) is 5. The van der Waals surface area contributed by atoms with Crippen LogP contribution >= 0.6 is 0 Å². The molecule has 0 unspecified atom stereocenters. The molecule has 1 aromatic rings. The van der Waals surface area contributed by atoms with Crippen LogP contribution in [-0.2, 0) is 20.0 Å². The molecule has 1 aliphatic carbocycles. The molecule has 1 aliphatic heterocycles. The van der Waals surface area contributed by atoms with Gasteiger partial charge in [-0.25, -0.2) is 8.42 Å². The van der Waals surface area contributed by atoms with E-state index >= 15 is 0 Å². The normalized spacial score (nSPS) is 22.9. The Morgan fingerprint density at radius 3 is 2.64 bits per heavy atom. The molecule has 22 heavy (non-hydrogen) atoms. The van der Waals surface area contributed by atoms with Gasteiger partial charge in [-0.2, -0.15) is 0 Å². The Labute approximate surface area is 130 Å². The van der Waals surface area contributed by atoms with Crippen molar-refractivity contribution in [3.63, 3.8) is 0 Å². The van der Waals surface area contributed by atoms with Crippen LogP contribution < -0.4 is 5.32 Å². The molecule has 2 heterocycles. The number of aromatic nitrogens is 1. The summed E-state index contributed by atoms with van der Waals surface area (Å²) >= 11 is 0. The van der Waals surface area contributed by atoms with E-state index in [-0.39, 0.29) is 22.8 Å². The molecule has 0 bridgehead atoms. The minimum absolute atomic E-state index is 0.0603. The molecular weight excluding hydrogens is 302 g/mol. The van der Waals surface area contributed by atoms with Gasteiger partial charge in [-0.05, 0) is 24.5 Å². The van der Waals surface area contributed by atoms with Gasteiger partial charge in [0.15, 0.2) is 9.84 Å². The molecule has 1 saturated carbocycles. The predicted molar refractivity (Wildman–Crippen MR) is 83.3 cm³/mol. The lowest BCUT2D eigenvalue weighted by molar-refractivity contribution is -0.123. The number of amides is 1. The molecule has 2 aliphatic rings. The summed E-state index contributed by atoms with van der Waals surface area (Å²) in [6, 6.07) is 3.81. The second-order valence-corrected chi connectivity index (χ2v) is 8.38. The van der Waals surface area contributed by atoms with Crippen molar-refractivity contribution in [3.05, 3.63) is 30.1 Å². The third-order valence-corrected chi connectivity index (χ3v) is 6.16. The fraction of sp³-hybridized carbons (Fsp3) is 0.600. The number of hydrogen-bond donors (Lipinski definition) is 1. The molecule has 0 atom stereocenters. The molecule has 7 heteroatoms. The summed E-state index contributed by atoms with van der Waals surface area (Å²) in [5.41, 5.74) is 0.594. The quantitative estimate of drug-likeness (QED) is 0.822. The highest BCUT2D eigenvalue weighted by molar-refractivity contribution is 7.91. The lowest BCUT2D eigenvalue weighted by Gasteiger charge is -2.26. The van der Waals surface area contributed by atoms with Crippen molar-refractivity contribution in [1.29, 1.82) is 0 Å². The topological polar surface area (TPSA) is 79.4 Å². The van der Waals surface area contributed by atoms with Gasteiger partial charge >= 0.3 is 0 Å². The Morgan fingerprint density at radius 1 is 1.32 bits per heavy atom. The number of rotatable bonds is 5. The van der Waals surface area contributed by atoms with Crippen molar-refractivity contribution in [2.45, 2.75) is 18.3 Å². The first-order valence-corrected chi connectivity index (χ1v) is 9.46. The molecule has 1 amide bonds.